The molecule has 0 fully saturated rings. The van der Waals surface area contributed by atoms with E-state index in [2.05, 4.69) is 16.0 Å². The van der Waals surface area contributed by atoms with Gasteiger partial charge in [-0.3, -0.25) is 4.79 Å². The predicted molar refractivity (Wildman–Crippen MR) is 98.1 cm³/mol. The summed E-state index contributed by atoms with van der Waals surface area (Å²) in [5.74, 6) is 0.572. The Kier molecular flexibility index (Phi) is 6.51. The topological polar surface area (TPSA) is 79.2 Å². The average molecular weight is 345 g/mol. The van der Waals surface area contributed by atoms with Crippen LogP contribution >= 0.6 is 11.6 Å². The predicted octanol–water partition coefficient (Wildman–Crippen LogP) is 2.94. The van der Waals surface area contributed by atoms with Gasteiger partial charge in [0.05, 0.1) is 0 Å². The van der Waals surface area contributed by atoms with Crippen LogP contribution in [-0.4, -0.2) is 5.91 Å². The molecule has 5 nitrogen and oxygen atoms in total. The summed E-state index contributed by atoms with van der Waals surface area (Å²) in [5, 5.41) is 9.86. The second-order valence-electron chi connectivity index (χ2n) is 5.26. The molecule has 6 heteroatoms. The number of carbonyl (C=O) groups excluding carboxylic acids is 1. The first kappa shape index (κ1) is 17.7. The number of nitrogens with two attached hydrogens (primary N) is 1. The summed E-state index contributed by atoms with van der Waals surface area (Å²) in [6, 6.07) is 15.5. The van der Waals surface area contributed by atoms with Gasteiger partial charge in [-0.25, -0.2) is 0 Å². The number of rotatable bonds is 7. The van der Waals surface area contributed by atoms with Crippen LogP contribution in [0.3, 0.4) is 0 Å². The van der Waals surface area contributed by atoms with E-state index in [-0.39, 0.29) is 5.91 Å². The molecule has 0 heterocycles. The van der Waals surface area contributed by atoms with E-state index in [0.29, 0.717) is 23.9 Å². The van der Waals surface area contributed by atoms with E-state index in [0.717, 1.165) is 16.8 Å². The molecule has 0 spiro atoms. The van der Waals surface area contributed by atoms with Gasteiger partial charge in [0.2, 0.25) is 5.91 Å². The molecule has 0 unspecified atom stereocenters. The number of hydrogen-bond donors (Lipinski definition) is 4. The highest BCUT2D eigenvalue weighted by atomic mass is 35.5. The molecule has 0 bridgehead atoms. The molecule has 0 aliphatic rings. The van der Waals surface area contributed by atoms with Crippen molar-refractivity contribution in [2.24, 2.45) is 5.73 Å². The second kappa shape index (κ2) is 8.84. The maximum atomic E-state index is 11.1. The van der Waals surface area contributed by atoms with Gasteiger partial charge in [-0.05, 0) is 29.3 Å². The Bertz CT molecular complexity index is 716. The zero-order valence-corrected chi connectivity index (χ0v) is 14.2. The van der Waals surface area contributed by atoms with Crippen molar-refractivity contribution in [1.82, 2.24) is 10.6 Å². The lowest BCUT2D eigenvalue weighted by Gasteiger charge is -2.16. The van der Waals surface area contributed by atoms with E-state index in [1.54, 1.807) is 6.07 Å². The zero-order valence-electron chi connectivity index (χ0n) is 13.5. The summed E-state index contributed by atoms with van der Waals surface area (Å²) in [7, 11) is 0. The smallest absolute Gasteiger partial charge is 0.217 e. The molecule has 0 atom stereocenters. The highest BCUT2D eigenvalue weighted by Gasteiger charge is 2.06. The van der Waals surface area contributed by atoms with Gasteiger partial charge in [-0.15, -0.1) is 0 Å². The minimum Gasteiger partial charge on any atom is -0.402 e. The molecule has 0 aliphatic carbocycles. The number of carbonyl (C=O) groups is 1. The first-order valence-corrected chi connectivity index (χ1v) is 7.96. The fourth-order valence-electron chi connectivity index (χ4n) is 2.13. The monoisotopic (exact) mass is 344 g/mol. The lowest BCUT2D eigenvalue weighted by molar-refractivity contribution is -0.119. The average Bonchev–Trinajstić information content (AvgIpc) is 2.59. The Morgan fingerprint density at radius 1 is 1.12 bits per heavy atom. The number of halogens is 1. The van der Waals surface area contributed by atoms with Crippen molar-refractivity contribution in [3.63, 3.8) is 0 Å². The van der Waals surface area contributed by atoms with Gasteiger partial charge < -0.3 is 21.7 Å². The van der Waals surface area contributed by atoms with Crippen LogP contribution in [0.5, 0.6) is 0 Å². The van der Waals surface area contributed by atoms with E-state index < -0.39 is 0 Å². The highest BCUT2D eigenvalue weighted by molar-refractivity contribution is 6.30. The van der Waals surface area contributed by atoms with E-state index >= 15 is 0 Å². The third-order valence-corrected chi connectivity index (χ3v) is 3.59. The Morgan fingerprint density at radius 3 is 2.54 bits per heavy atom. The molecule has 0 saturated carbocycles. The van der Waals surface area contributed by atoms with Gasteiger partial charge in [0.25, 0.3) is 0 Å². The van der Waals surface area contributed by atoms with Crippen LogP contribution in [-0.2, 0) is 17.9 Å². The Balaban J connectivity index is 2.05. The zero-order chi connectivity index (χ0) is 17.4. The molecular weight excluding hydrogens is 324 g/mol. The van der Waals surface area contributed by atoms with Crippen molar-refractivity contribution < 1.29 is 4.79 Å². The van der Waals surface area contributed by atoms with Crippen LogP contribution < -0.4 is 21.7 Å². The maximum absolute atomic E-state index is 11.1. The largest absolute Gasteiger partial charge is 0.402 e. The van der Waals surface area contributed by atoms with Gasteiger partial charge in [-0.1, -0.05) is 41.9 Å². The maximum Gasteiger partial charge on any atom is 0.217 e. The number of anilines is 1. The summed E-state index contributed by atoms with van der Waals surface area (Å²) in [6.45, 7) is 2.50. The third kappa shape index (κ3) is 5.52. The molecule has 0 radical (unpaired) electrons. The van der Waals surface area contributed by atoms with E-state index in [1.165, 1.54) is 13.1 Å². The lowest BCUT2D eigenvalue weighted by atomic mass is 10.1. The van der Waals surface area contributed by atoms with Gasteiger partial charge >= 0.3 is 0 Å². The van der Waals surface area contributed by atoms with Crippen LogP contribution in [0.25, 0.3) is 0 Å². The molecular formula is C18H21ClN4O. The standard InChI is InChI=1S/C18H21ClN4O/c1-13(24)21-12-15-9-16(19)7-8-17(15)23-18(10-20)22-11-14-5-3-2-4-6-14/h2-10,22-23H,11-12,20H2,1H3,(H,21,24)/b18-10+. The van der Waals surface area contributed by atoms with E-state index in [1.807, 2.05) is 42.5 Å². The minimum absolute atomic E-state index is 0.0993. The van der Waals surface area contributed by atoms with Crippen LogP contribution in [0, 0.1) is 0 Å². The van der Waals surface area contributed by atoms with Crippen molar-refractivity contribution in [2.45, 2.75) is 20.0 Å². The molecule has 0 aromatic heterocycles. The molecule has 5 N–H and O–H groups in total. The van der Waals surface area contributed by atoms with Crippen molar-refractivity contribution in [3.8, 4) is 0 Å². The van der Waals surface area contributed by atoms with E-state index in [9.17, 15) is 4.79 Å². The molecule has 2 rings (SSSR count). The van der Waals surface area contributed by atoms with Gasteiger partial charge in [0.15, 0.2) is 0 Å². The Hall–Kier alpha value is -2.66. The first-order chi connectivity index (χ1) is 11.6. The van der Waals surface area contributed by atoms with Crippen molar-refractivity contribution in [1.29, 1.82) is 0 Å². The molecule has 1 amide bonds. The van der Waals surface area contributed by atoms with Gasteiger partial charge in [0, 0.05) is 36.9 Å². The Labute approximate surface area is 146 Å². The number of hydrogen-bond acceptors (Lipinski definition) is 4. The number of nitrogens with one attached hydrogen (secondary N) is 3. The normalized spacial score (nSPS) is 11.0. The summed E-state index contributed by atoms with van der Waals surface area (Å²) in [6.07, 6.45) is 1.47. The highest BCUT2D eigenvalue weighted by Crippen LogP contribution is 2.21. The number of benzene rings is 2. The van der Waals surface area contributed by atoms with Crippen LogP contribution in [0.1, 0.15) is 18.1 Å². The van der Waals surface area contributed by atoms with Crippen molar-refractivity contribution in [3.05, 3.63) is 76.7 Å². The van der Waals surface area contributed by atoms with Crippen molar-refractivity contribution in [2.75, 3.05) is 5.32 Å². The second-order valence-corrected chi connectivity index (χ2v) is 5.69. The molecule has 24 heavy (non-hydrogen) atoms. The minimum atomic E-state index is -0.0993. The number of amides is 1. The lowest BCUT2D eigenvalue weighted by Crippen LogP contribution is -2.23. The molecule has 0 saturated heterocycles. The fourth-order valence-corrected chi connectivity index (χ4v) is 2.33. The van der Waals surface area contributed by atoms with Crippen LogP contribution in [0.4, 0.5) is 5.69 Å². The summed E-state index contributed by atoms with van der Waals surface area (Å²) < 4.78 is 0. The quantitative estimate of drug-likeness (QED) is 0.622. The van der Waals surface area contributed by atoms with Gasteiger partial charge in [0.1, 0.15) is 5.82 Å². The summed E-state index contributed by atoms with van der Waals surface area (Å²) in [5.41, 5.74) is 8.55. The molecule has 2 aromatic rings. The van der Waals surface area contributed by atoms with Gasteiger partial charge in [-0.2, -0.15) is 0 Å². The molecule has 126 valence electrons. The Morgan fingerprint density at radius 2 is 1.88 bits per heavy atom. The first-order valence-electron chi connectivity index (χ1n) is 7.58. The van der Waals surface area contributed by atoms with Crippen LogP contribution in [0.2, 0.25) is 5.02 Å². The third-order valence-electron chi connectivity index (χ3n) is 3.36. The van der Waals surface area contributed by atoms with Crippen LogP contribution in [0.15, 0.2) is 60.6 Å². The molecule has 0 aliphatic heterocycles. The van der Waals surface area contributed by atoms with Crippen molar-refractivity contribution >= 4 is 23.2 Å². The summed E-state index contributed by atoms with van der Waals surface area (Å²) in [4.78, 5) is 11.1. The van der Waals surface area contributed by atoms with E-state index in [4.69, 9.17) is 17.3 Å². The molecule has 2 aromatic carbocycles. The fraction of sp³-hybridized carbons (Fsp3) is 0.167. The SMILES string of the molecule is CC(=O)NCc1cc(Cl)ccc1N/C(=C/N)NCc1ccccc1. The summed E-state index contributed by atoms with van der Waals surface area (Å²) >= 11 is 6.05.